The number of aromatic amines is 1. The van der Waals surface area contributed by atoms with Crippen LogP contribution < -0.4 is 5.73 Å². The highest BCUT2D eigenvalue weighted by Gasteiger charge is 2.19. The van der Waals surface area contributed by atoms with Gasteiger partial charge in [-0.3, -0.25) is 0 Å². The number of likely N-dealkylation sites (tertiary alicyclic amines) is 1. The molecule has 0 amide bonds. The van der Waals surface area contributed by atoms with Crippen LogP contribution in [0.25, 0.3) is 0 Å². The summed E-state index contributed by atoms with van der Waals surface area (Å²) in [6, 6.07) is 0. The summed E-state index contributed by atoms with van der Waals surface area (Å²) in [5.41, 5.74) is 6.80. The predicted octanol–water partition coefficient (Wildman–Crippen LogP) is 0.720. The van der Waals surface area contributed by atoms with Crippen LogP contribution in [0, 0.1) is 0 Å². The van der Waals surface area contributed by atoms with Gasteiger partial charge in [0, 0.05) is 24.2 Å². The lowest BCUT2D eigenvalue weighted by molar-refractivity contribution is 0.253. The van der Waals surface area contributed by atoms with E-state index in [0.29, 0.717) is 12.5 Å². The molecule has 0 aliphatic carbocycles. The van der Waals surface area contributed by atoms with Crippen LogP contribution in [-0.2, 0) is 6.42 Å². The molecule has 1 aromatic rings. The van der Waals surface area contributed by atoms with Gasteiger partial charge in [-0.15, -0.1) is 0 Å². The number of aromatic nitrogens is 2. The van der Waals surface area contributed by atoms with Crippen LogP contribution in [0.1, 0.15) is 30.3 Å². The quantitative estimate of drug-likeness (QED) is 0.769. The van der Waals surface area contributed by atoms with Crippen molar-refractivity contribution in [2.24, 2.45) is 5.73 Å². The molecule has 1 aliphatic rings. The van der Waals surface area contributed by atoms with Gasteiger partial charge in [0.25, 0.3) is 0 Å². The van der Waals surface area contributed by atoms with Gasteiger partial charge in [-0.25, -0.2) is 4.98 Å². The van der Waals surface area contributed by atoms with Crippen molar-refractivity contribution in [3.63, 3.8) is 0 Å². The van der Waals surface area contributed by atoms with E-state index >= 15 is 0 Å². The molecule has 1 aromatic heterocycles. The van der Waals surface area contributed by atoms with Gasteiger partial charge >= 0.3 is 0 Å². The van der Waals surface area contributed by atoms with Gasteiger partial charge in [0.05, 0.1) is 0 Å². The molecule has 0 unspecified atom stereocenters. The van der Waals surface area contributed by atoms with Crippen LogP contribution in [-0.4, -0.2) is 41.5 Å². The van der Waals surface area contributed by atoms with Gasteiger partial charge in [-0.1, -0.05) is 0 Å². The topological polar surface area (TPSA) is 57.9 Å². The third-order valence-electron chi connectivity index (χ3n) is 3.19. The van der Waals surface area contributed by atoms with Gasteiger partial charge in [-0.05, 0) is 39.5 Å². The monoisotopic (exact) mass is 208 g/mol. The average molecular weight is 208 g/mol. The lowest BCUT2D eigenvalue weighted by Gasteiger charge is -2.28. The predicted molar refractivity (Wildman–Crippen MR) is 60.8 cm³/mol. The molecular weight excluding hydrogens is 188 g/mol. The van der Waals surface area contributed by atoms with Crippen molar-refractivity contribution in [2.75, 3.05) is 26.7 Å². The Balaban J connectivity index is 1.96. The molecule has 0 atom stereocenters. The number of hydrogen-bond acceptors (Lipinski definition) is 3. The summed E-state index contributed by atoms with van der Waals surface area (Å²) in [6.07, 6.45) is 5.31. The number of hydrogen-bond donors (Lipinski definition) is 2. The number of rotatable bonds is 3. The lowest BCUT2D eigenvalue weighted by atomic mass is 9.94. The van der Waals surface area contributed by atoms with Gasteiger partial charge in [0.1, 0.15) is 5.82 Å². The fourth-order valence-corrected chi connectivity index (χ4v) is 2.17. The Hall–Kier alpha value is -0.870. The van der Waals surface area contributed by atoms with Crippen LogP contribution in [0.3, 0.4) is 0 Å². The second-order valence-electron chi connectivity index (χ2n) is 4.40. The van der Waals surface area contributed by atoms with Crippen molar-refractivity contribution in [3.8, 4) is 0 Å². The molecule has 2 heterocycles. The summed E-state index contributed by atoms with van der Waals surface area (Å²) >= 11 is 0. The third-order valence-corrected chi connectivity index (χ3v) is 3.19. The zero-order valence-electron chi connectivity index (χ0n) is 9.37. The largest absolute Gasteiger partial charge is 0.346 e. The Kier molecular flexibility index (Phi) is 3.38. The molecule has 1 saturated heterocycles. The van der Waals surface area contributed by atoms with Crippen LogP contribution in [0.2, 0.25) is 0 Å². The van der Waals surface area contributed by atoms with E-state index in [0.717, 1.165) is 12.2 Å². The van der Waals surface area contributed by atoms with E-state index in [1.807, 2.05) is 6.20 Å². The Morgan fingerprint density at radius 3 is 2.93 bits per heavy atom. The first-order chi connectivity index (χ1) is 7.29. The van der Waals surface area contributed by atoms with Crippen molar-refractivity contribution in [1.29, 1.82) is 0 Å². The zero-order valence-corrected chi connectivity index (χ0v) is 9.37. The number of piperidine rings is 1. The highest BCUT2D eigenvalue weighted by molar-refractivity contribution is 5.09. The first-order valence-electron chi connectivity index (χ1n) is 5.72. The molecule has 4 heteroatoms. The normalized spacial score (nSPS) is 19.6. The summed E-state index contributed by atoms with van der Waals surface area (Å²) in [5, 5.41) is 0. The summed E-state index contributed by atoms with van der Waals surface area (Å²) < 4.78 is 0. The van der Waals surface area contributed by atoms with Crippen LogP contribution in [0.5, 0.6) is 0 Å². The summed E-state index contributed by atoms with van der Waals surface area (Å²) in [4.78, 5) is 10.1. The molecule has 84 valence electrons. The Labute approximate surface area is 90.9 Å². The molecule has 3 N–H and O–H groups in total. The smallest absolute Gasteiger partial charge is 0.107 e. The fourth-order valence-electron chi connectivity index (χ4n) is 2.17. The minimum atomic E-state index is 0.667. The van der Waals surface area contributed by atoms with E-state index in [4.69, 9.17) is 5.73 Å². The third kappa shape index (κ3) is 2.58. The van der Waals surface area contributed by atoms with E-state index in [2.05, 4.69) is 21.9 Å². The first-order valence-corrected chi connectivity index (χ1v) is 5.72. The molecule has 1 fully saturated rings. The Morgan fingerprint density at radius 1 is 1.53 bits per heavy atom. The second-order valence-corrected chi connectivity index (χ2v) is 4.40. The molecule has 15 heavy (non-hydrogen) atoms. The van der Waals surface area contributed by atoms with E-state index in [-0.39, 0.29) is 0 Å². The second kappa shape index (κ2) is 4.77. The SMILES string of the molecule is CN1CCC(c2cnc(CCN)[nH]2)CC1. The molecule has 4 nitrogen and oxygen atoms in total. The minimum Gasteiger partial charge on any atom is -0.346 e. The maximum absolute atomic E-state index is 5.50. The highest BCUT2D eigenvalue weighted by atomic mass is 15.1. The summed E-state index contributed by atoms with van der Waals surface area (Å²) in [6.45, 7) is 3.05. The molecule has 0 aromatic carbocycles. The molecule has 0 spiro atoms. The van der Waals surface area contributed by atoms with E-state index < -0.39 is 0 Å². The highest BCUT2D eigenvalue weighted by Crippen LogP contribution is 2.25. The van der Waals surface area contributed by atoms with Crippen molar-refractivity contribution < 1.29 is 0 Å². The Bertz CT molecular complexity index is 299. The fraction of sp³-hybridized carbons (Fsp3) is 0.727. The number of imidazole rings is 1. The van der Waals surface area contributed by atoms with Gasteiger partial charge in [0.15, 0.2) is 0 Å². The van der Waals surface area contributed by atoms with Gasteiger partial charge < -0.3 is 15.6 Å². The number of nitrogens with zero attached hydrogens (tertiary/aromatic N) is 2. The Morgan fingerprint density at radius 2 is 2.27 bits per heavy atom. The van der Waals surface area contributed by atoms with Crippen LogP contribution in [0.15, 0.2) is 6.20 Å². The van der Waals surface area contributed by atoms with Gasteiger partial charge in [0.2, 0.25) is 0 Å². The molecule has 2 rings (SSSR count). The number of H-pyrrole nitrogens is 1. The lowest BCUT2D eigenvalue weighted by Crippen LogP contribution is -2.29. The number of nitrogens with one attached hydrogen (secondary N) is 1. The maximum atomic E-state index is 5.50. The summed E-state index contributed by atoms with van der Waals surface area (Å²) in [5.74, 6) is 1.70. The van der Waals surface area contributed by atoms with E-state index in [1.165, 1.54) is 31.6 Å². The van der Waals surface area contributed by atoms with Crippen molar-refractivity contribution in [1.82, 2.24) is 14.9 Å². The molecule has 0 saturated carbocycles. The minimum absolute atomic E-state index is 0.667. The van der Waals surface area contributed by atoms with Crippen LogP contribution >= 0.6 is 0 Å². The van der Waals surface area contributed by atoms with Crippen molar-refractivity contribution >= 4 is 0 Å². The maximum Gasteiger partial charge on any atom is 0.107 e. The average Bonchev–Trinajstić information content (AvgIpc) is 2.68. The van der Waals surface area contributed by atoms with Crippen molar-refractivity contribution in [2.45, 2.75) is 25.2 Å². The van der Waals surface area contributed by atoms with Gasteiger partial charge in [-0.2, -0.15) is 0 Å². The zero-order chi connectivity index (χ0) is 10.7. The molecule has 1 aliphatic heterocycles. The first kappa shape index (κ1) is 10.6. The van der Waals surface area contributed by atoms with Crippen molar-refractivity contribution in [3.05, 3.63) is 17.7 Å². The standard InChI is InChI=1S/C11H20N4/c1-15-6-3-9(4-7-15)10-8-13-11(14-10)2-5-12/h8-9H,2-7,12H2,1H3,(H,13,14). The molecule has 0 radical (unpaired) electrons. The molecule has 0 bridgehead atoms. The number of nitrogens with two attached hydrogens (primary N) is 1. The van der Waals surface area contributed by atoms with E-state index in [1.54, 1.807) is 0 Å². The summed E-state index contributed by atoms with van der Waals surface area (Å²) in [7, 11) is 2.18. The van der Waals surface area contributed by atoms with E-state index in [9.17, 15) is 0 Å². The molecular formula is C11H20N4. The van der Waals surface area contributed by atoms with Crippen LogP contribution in [0.4, 0.5) is 0 Å².